The third-order valence-electron chi connectivity index (χ3n) is 0. The topological polar surface area (TPSA) is 80.9 Å². The van der Waals surface area contributed by atoms with E-state index in [-0.39, 0.29) is 122 Å². The molecule has 9 heteroatoms. The van der Waals surface area contributed by atoms with Gasteiger partial charge in [-0.1, -0.05) is 0 Å². The van der Waals surface area contributed by atoms with E-state index in [9.17, 15) is 0 Å². The first-order valence-electron chi connectivity index (χ1n) is 0.894. The Hall–Kier alpha value is 4.11. The zero-order valence-corrected chi connectivity index (χ0v) is 3.29. The van der Waals surface area contributed by atoms with E-state index < -0.39 is 9.05 Å². The fourth-order valence-electron chi connectivity index (χ4n) is 0. The fourth-order valence-corrected chi connectivity index (χ4v) is 0. The molecule has 0 unspecified atom stereocenters. The average molecular weight is 234 g/mol. The zero-order valence-electron chi connectivity index (χ0n) is 2.29. The van der Waals surface area contributed by atoms with Crippen LogP contribution in [0.4, 0.5) is 0 Å². The van der Waals surface area contributed by atoms with Crippen molar-refractivity contribution in [3.63, 3.8) is 0 Å². The van der Waals surface area contributed by atoms with Crippen molar-refractivity contribution in [3.05, 3.63) is 0 Å². The second-order valence-electron chi connectivity index (χ2n) is 0.600. The average Bonchev–Trinajstić information content (AvgIpc) is 0.722. The molecule has 0 saturated carbocycles. The summed E-state index contributed by atoms with van der Waals surface area (Å²) in [6.45, 7) is 0. The van der Waals surface area contributed by atoms with Crippen LogP contribution in [0.1, 0.15) is 0 Å². The SMILES string of the molecule is O[Si](O)(O)O.[AlH3].[CaH2].[CaH2].[NaH]. The molecule has 4 nitrogen and oxygen atoms in total. The van der Waals surface area contributed by atoms with Gasteiger partial charge in [0.1, 0.15) is 0 Å². The van der Waals surface area contributed by atoms with Crippen LogP contribution < -0.4 is 0 Å². The Kier molecular flexibility index (Phi) is 47.5. The van der Waals surface area contributed by atoms with Gasteiger partial charge in [0.2, 0.25) is 0 Å². The van der Waals surface area contributed by atoms with Gasteiger partial charge in [-0.25, -0.2) is 0 Å². The molecule has 0 aromatic rings. The summed E-state index contributed by atoms with van der Waals surface area (Å²) in [5.41, 5.74) is 0. The van der Waals surface area contributed by atoms with E-state index in [1.54, 1.807) is 0 Å². The van der Waals surface area contributed by atoms with Crippen molar-refractivity contribution < 1.29 is 19.2 Å². The Labute approximate surface area is 147 Å². The van der Waals surface area contributed by atoms with Crippen molar-refractivity contribution >= 4 is 131 Å². The van der Waals surface area contributed by atoms with Crippen LogP contribution in [0.25, 0.3) is 0 Å². The van der Waals surface area contributed by atoms with Crippen LogP contribution in [0.5, 0.6) is 0 Å². The Morgan fingerprint density at radius 1 is 0.778 bits per heavy atom. The maximum atomic E-state index is 7.33. The van der Waals surface area contributed by atoms with Gasteiger partial charge in [-0.3, -0.25) is 0 Å². The molecule has 0 rings (SSSR count). The molecule has 9 heavy (non-hydrogen) atoms. The van der Waals surface area contributed by atoms with E-state index in [1.165, 1.54) is 0 Å². The van der Waals surface area contributed by atoms with Gasteiger partial charge in [-0.15, -0.1) is 0 Å². The van der Waals surface area contributed by atoms with Gasteiger partial charge in [0.05, 0.1) is 0 Å². The second-order valence-corrected chi connectivity index (χ2v) is 1.80. The van der Waals surface area contributed by atoms with Crippen molar-refractivity contribution in [2.75, 3.05) is 0 Å². The normalized spacial score (nSPS) is 6.67. The standard InChI is InChI=1S/Al.2Ca.Na.H4O4Si.8H/c;;;;1-5(2,3)4;;;;;;;;/h;;;;1-4H;;;;;;;;. The van der Waals surface area contributed by atoms with Gasteiger partial charge in [0.25, 0.3) is 0 Å². The van der Waals surface area contributed by atoms with Gasteiger partial charge >= 0.3 is 114 Å². The van der Waals surface area contributed by atoms with Crippen molar-refractivity contribution in [1.82, 2.24) is 0 Å². The van der Waals surface area contributed by atoms with Crippen molar-refractivity contribution in [2.45, 2.75) is 0 Å². The van der Waals surface area contributed by atoms with Crippen LogP contribution in [-0.4, -0.2) is 151 Å². The summed E-state index contributed by atoms with van der Waals surface area (Å²) in [5, 5.41) is 0. The quantitative estimate of drug-likeness (QED) is 0.314. The predicted octanol–water partition coefficient (Wildman–Crippen LogP) is -6.27. The molecule has 0 amide bonds. The molecule has 0 aliphatic heterocycles. The van der Waals surface area contributed by atoms with Crippen LogP contribution >= 0.6 is 0 Å². The van der Waals surface area contributed by atoms with E-state index in [2.05, 4.69) is 0 Å². The van der Waals surface area contributed by atoms with Gasteiger partial charge < -0.3 is 19.2 Å². The number of hydrogen-bond acceptors (Lipinski definition) is 4. The molecule has 48 valence electrons. The van der Waals surface area contributed by atoms with Crippen molar-refractivity contribution in [1.29, 1.82) is 0 Å². The molecule has 0 radical (unpaired) electrons. The third kappa shape index (κ3) is 73.3. The van der Waals surface area contributed by atoms with Gasteiger partial charge in [0.15, 0.2) is 17.4 Å². The molecular formula is H12AlCa2NaO4Si. The Morgan fingerprint density at radius 3 is 0.778 bits per heavy atom. The van der Waals surface area contributed by atoms with Crippen LogP contribution in [-0.2, 0) is 0 Å². The maximum absolute atomic E-state index is 7.33. The molecule has 0 bridgehead atoms. The monoisotopic (exact) mass is 234 g/mol. The summed E-state index contributed by atoms with van der Waals surface area (Å²) in [7, 11) is -4.61. The summed E-state index contributed by atoms with van der Waals surface area (Å²) in [5.74, 6) is 0. The van der Waals surface area contributed by atoms with E-state index >= 15 is 0 Å². The minimum atomic E-state index is -4.61. The van der Waals surface area contributed by atoms with Crippen LogP contribution in [0, 0.1) is 0 Å². The molecule has 0 fully saturated rings. The minimum absolute atomic E-state index is 0. The molecule has 0 aromatic heterocycles. The van der Waals surface area contributed by atoms with Crippen LogP contribution in [0.2, 0.25) is 0 Å². The first-order chi connectivity index (χ1) is 2.00. The van der Waals surface area contributed by atoms with E-state index in [0.29, 0.717) is 0 Å². The first-order valence-corrected chi connectivity index (χ1v) is 2.68. The molecule has 0 aliphatic rings. The first kappa shape index (κ1) is 29.2. The van der Waals surface area contributed by atoms with Crippen LogP contribution in [0.3, 0.4) is 0 Å². The van der Waals surface area contributed by atoms with E-state index in [1.807, 2.05) is 0 Å². The Balaban J connectivity index is -0.0000000133. The van der Waals surface area contributed by atoms with Gasteiger partial charge in [0, 0.05) is 0 Å². The van der Waals surface area contributed by atoms with E-state index in [0.717, 1.165) is 0 Å². The zero-order chi connectivity index (χ0) is 4.50. The molecule has 0 spiro atoms. The van der Waals surface area contributed by atoms with Gasteiger partial charge in [-0.05, 0) is 0 Å². The molecule has 0 aliphatic carbocycles. The Morgan fingerprint density at radius 2 is 0.778 bits per heavy atom. The molecule has 0 saturated heterocycles. The fraction of sp³-hybridized carbons (Fsp3) is 0. The second kappa shape index (κ2) is 14.6. The van der Waals surface area contributed by atoms with Crippen LogP contribution in [0.15, 0.2) is 0 Å². The van der Waals surface area contributed by atoms with Crippen molar-refractivity contribution in [3.8, 4) is 0 Å². The summed E-state index contributed by atoms with van der Waals surface area (Å²) in [4.78, 5) is 29.3. The van der Waals surface area contributed by atoms with E-state index in [4.69, 9.17) is 19.2 Å². The molecular weight excluding hydrogens is 222 g/mol. The summed E-state index contributed by atoms with van der Waals surface area (Å²) < 4.78 is 0. The predicted molar refractivity (Wildman–Crippen MR) is 48.8 cm³/mol. The third-order valence-corrected chi connectivity index (χ3v) is 0. The van der Waals surface area contributed by atoms with Crippen molar-refractivity contribution in [2.24, 2.45) is 0 Å². The summed E-state index contributed by atoms with van der Waals surface area (Å²) >= 11 is 0. The van der Waals surface area contributed by atoms with Gasteiger partial charge in [-0.2, -0.15) is 0 Å². The molecule has 0 atom stereocenters. The number of rotatable bonds is 0. The number of hydrogen-bond donors (Lipinski definition) is 4. The molecule has 0 aromatic carbocycles. The molecule has 4 N–H and O–H groups in total. The Bertz CT molecular complexity index is 34.0. The summed E-state index contributed by atoms with van der Waals surface area (Å²) in [6, 6.07) is 0. The molecule has 0 heterocycles. The summed E-state index contributed by atoms with van der Waals surface area (Å²) in [6.07, 6.45) is 0.